The van der Waals surface area contributed by atoms with Crippen LogP contribution in [-0.2, 0) is 26.2 Å². The molecule has 2 amide bonds. The predicted molar refractivity (Wildman–Crippen MR) is 167 cm³/mol. The number of carbonyl (C=O) groups is 2. The largest absolute Gasteiger partial charge is 0.497 e. The zero-order valence-corrected chi connectivity index (χ0v) is 27.0. The minimum atomic E-state index is -4.49. The molecule has 3 aromatic rings. The molecule has 3 rings (SSSR count). The van der Waals surface area contributed by atoms with E-state index in [1.807, 2.05) is 26.0 Å². The van der Waals surface area contributed by atoms with Crippen molar-refractivity contribution in [3.05, 3.63) is 92.4 Å². The molecule has 0 radical (unpaired) electrons. The van der Waals surface area contributed by atoms with Gasteiger partial charge in [0, 0.05) is 28.7 Å². The van der Waals surface area contributed by atoms with E-state index in [0.717, 1.165) is 20.4 Å². The van der Waals surface area contributed by atoms with Crippen molar-refractivity contribution in [3.63, 3.8) is 0 Å². The Kier molecular flexibility index (Phi) is 11.3. The summed E-state index contributed by atoms with van der Waals surface area (Å²) in [6.45, 7) is 6.22. The maximum Gasteiger partial charge on any atom is 0.273 e. The summed E-state index contributed by atoms with van der Waals surface area (Å²) in [6, 6.07) is 15.8. The molecule has 0 aliphatic carbocycles. The lowest BCUT2D eigenvalue weighted by atomic mass is 10.1. The van der Waals surface area contributed by atoms with Gasteiger partial charge >= 0.3 is 0 Å². The minimum Gasteiger partial charge on any atom is -0.497 e. The van der Waals surface area contributed by atoms with Crippen LogP contribution in [0.2, 0.25) is 0 Å². The van der Waals surface area contributed by atoms with Gasteiger partial charge in [-0.05, 0) is 75.2 Å². The molecule has 0 saturated carbocycles. The van der Waals surface area contributed by atoms with Crippen LogP contribution in [0.15, 0.2) is 76.1 Å². The molecule has 2 atom stereocenters. The number of aryl methyl sites for hydroxylation is 1. The van der Waals surface area contributed by atoms with E-state index in [2.05, 4.69) is 21.2 Å². The average Bonchev–Trinajstić information content (AvgIpc) is 2.98. The fourth-order valence-electron chi connectivity index (χ4n) is 4.23. The number of nitro groups is 1. The van der Waals surface area contributed by atoms with Gasteiger partial charge in [0.1, 0.15) is 18.3 Å². The first-order chi connectivity index (χ1) is 20.3. The fourth-order valence-corrected chi connectivity index (χ4v) is 6.11. The van der Waals surface area contributed by atoms with Crippen LogP contribution in [0.25, 0.3) is 0 Å². The SMILES string of the molecule is CC[C@@H](C)NC(=O)[C@H](C)N(Cc1cccc(Br)c1)C(=O)CN(c1ccc(OC)cc1)S(=O)(=O)c1ccc(C)c([N+](=O)[O-])c1. The number of methoxy groups -OCH3 is 1. The normalized spacial score (nSPS) is 12.6. The molecule has 13 heteroatoms. The van der Waals surface area contributed by atoms with E-state index in [1.165, 1.54) is 43.2 Å². The van der Waals surface area contributed by atoms with Gasteiger partial charge in [0.15, 0.2) is 0 Å². The molecule has 0 aromatic heterocycles. The number of sulfonamides is 1. The molecule has 11 nitrogen and oxygen atoms in total. The topological polar surface area (TPSA) is 139 Å². The highest BCUT2D eigenvalue weighted by Gasteiger charge is 2.33. The number of carbonyl (C=O) groups excluding carboxylic acids is 2. The van der Waals surface area contributed by atoms with Crippen molar-refractivity contribution >= 4 is 49.1 Å². The molecule has 43 heavy (non-hydrogen) atoms. The summed E-state index contributed by atoms with van der Waals surface area (Å²) in [6.07, 6.45) is 0.685. The smallest absolute Gasteiger partial charge is 0.273 e. The van der Waals surface area contributed by atoms with Crippen LogP contribution in [0.4, 0.5) is 11.4 Å². The molecule has 1 N–H and O–H groups in total. The zero-order chi connectivity index (χ0) is 31.9. The lowest BCUT2D eigenvalue weighted by molar-refractivity contribution is -0.385. The third-order valence-electron chi connectivity index (χ3n) is 7.01. The molecule has 0 aliphatic rings. The van der Waals surface area contributed by atoms with Crippen LogP contribution in [0.5, 0.6) is 5.75 Å². The van der Waals surface area contributed by atoms with E-state index < -0.39 is 33.4 Å². The molecule has 3 aromatic carbocycles. The molecule has 0 heterocycles. The van der Waals surface area contributed by atoms with Crippen LogP contribution in [0.1, 0.15) is 38.3 Å². The van der Waals surface area contributed by atoms with E-state index >= 15 is 0 Å². The summed E-state index contributed by atoms with van der Waals surface area (Å²) >= 11 is 3.42. The van der Waals surface area contributed by atoms with Crippen LogP contribution in [0.3, 0.4) is 0 Å². The maximum absolute atomic E-state index is 14.0. The Balaban J connectivity index is 2.09. The van der Waals surface area contributed by atoms with E-state index in [-0.39, 0.29) is 40.3 Å². The summed E-state index contributed by atoms with van der Waals surface area (Å²) in [7, 11) is -3.03. The van der Waals surface area contributed by atoms with Gasteiger partial charge in [0.25, 0.3) is 15.7 Å². The van der Waals surface area contributed by atoms with Gasteiger partial charge in [-0.3, -0.25) is 24.0 Å². The van der Waals surface area contributed by atoms with E-state index in [9.17, 15) is 28.1 Å². The fraction of sp³-hybridized carbons (Fsp3) is 0.333. The lowest BCUT2D eigenvalue weighted by Gasteiger charge is -2.32. The van der Waals surface area contributed by atoms with Gasteiger partial charge < -0.3 is 15.0 Å². The Bertz CT molecular complexity index is 1580. The maximum atomic E-state index is 14.0. The van der Waals surface area contributed by atoms with Gasteiger partial charge in [-0.2, -0.15) is 0 Å². The van der Waals surface area contributed by atoms with E-state index in [4.69, 9.17) is 4.74 Å². The van der Waals surface area contributed by atoms with Gasteiger partial charge in [-0.1, -0.05) is 41.1 Å². The second-order valence-electron chi connectivity index (χ2n) is 10.1. The summed E-state index contributed by atoms with van der Waals surface area (Å²) in [5.41, 5.74) is 0.779. The van der Waals surface area contributed by atoms with Crippen LogP contribution < -0.4 is 14.4 Å². The summed E-state index contributed by atoms with van der Waals surface area (Å²) < 4.78 is 34.9. The van der Waals surface area contributed by atoms with Crippen LogP contribution in [-0.4, -0.2) is 55.8 Å². The Labute approximate surface area is 260 Å². The quantitative estimate of drug-likeness (QED) is 0.194. The van der Waals surface area contributed by atoms with Crippen molar-refractivity contribution in [1.82, 2.24) is 10.2 Å². The van der Waals surface area contributed by atoms with Crippen molar-refractivity contribution in [1.29, 1.82) is 0 Å². The molecule has 230 valence electrons. The molecule has 0 spiro atoms. The number of nitrogens with zero attached hydrogens (tertiary/aromatic N) is 3. The van der Waals surface area contributed by atoms with Crippen molar-refractivity contribution in [2.45, 2.75) is 57.6 Å². The summed E-state index contributed by atoms with van der Waals surface area (Å²) in [5, 5.41) is 14.5. The van der Waals surface area contributed by atoms with E-state index in [1.54, 1.807) is 31.2 Å². The number of halogens is 1. The first-order valence-corrected chi connectivity index (χ1v) is 15.8. The number of benzene rings is 3. The number of nitro benzene ring substituents is 1. The molecule has 0 bridgehead atoms. The average molecular weight is 676 g/mol. The molecule has 0 unspecified atom stereocenters. The molecular weight excluding hydrogens is 640 g/mol. The molecule has 0 fully saturated rings. The lowest BCUT2D eigenvalue weighted by Crippen LogP contribution is -2.52. The Morgan fingerprint density at radius 2 is 1.74 bits per heavy atom. The van der Waals surface area contributed by atoms with Gasteiger partial charge in [0.2, 0.25) is 11.8 Å². The minimum absolute atomic E-state index is 0.0276. The Morgan fingerprint density at radius 1 is 1.07 bits per heavy atom. The van der Waals surface area contributed by atoms with Gasteiger partial charge in [-0.15, -0.1) is 0 Å². The van der Waals surface area contributed by atoms with Crippen molar-refractivity contribution in [3.8, 4) is 5.75 Å². The van der Waals surface area contributed by atoms with Crippen molar-refractivity contribution in [2.24, 2.45) is 0 Å². The number of ether oxygens (including phenoxy) is 1. The number of hydrogen-bond donors (Lipinski definition) is 1. The zero-order valence-electron chi connectivity index (χ0n) is 24.6. The molecular formula is C30H35BrN4O7S. The van der Waals surface area contributed by atoms with Crippen molar-refractivity contribution < 1.29 is 27.7 Å². The van der Waals surface area contributed by atoms with Gasteiger partial charge in [-0.25, -0.2) is 8.42 Å². The highest BCUT2D eigenvalue weighted by Crippen LogP contribution is 2.29. The van der Waals surface area contributed by atoms with Gasteiger partial charge in [0.05, 0.1) is 22.6 Å². The monoisotopic (exact) mass is 674 g/mol. The second kappa shape index (κ2) is 14.5. The second-order valence-corrected chi connectivity index (χ2v) is 12.8. The number of amides is 2. The first kappa shape index (κ1) is 33.5. The number of hydrogen-bond acceptors (Lipinski definition) is 7. The highest BCUT2D eigenvalue weighted by atomic mass is 79.9. The summed E-state index contributed by atoms with van der Waals surface area (Å²) in [4.78, 5) is 39.1. The first-order valence-electron chi connectivity index (χ1n) is 13.5. The Hall–Kier alpha value is -3.97. The van der Waals surface area contributed by atoms with E-state index in [0.29, 0.717) is 12.2 Å². The highest BCUT2D eigenvalue weighted by molar-refractivity contribution is 9.10. The Morgan fingerprint density at radius 3 is 2.33 bits per heavy atom. The third kappa shape index (κ3) is 8.32. The number of rotatable bonds is 13. The molecule has 0 aliphatic heterocycles. The standard InChI is InChI=1S/C30H35BrN4O7S/c1-6-21(3)32-30(37)22(4)33(18-23-8-7-9-24(31)16-23)29(36)19-34(25-11-13-26(42-5)14-12-25)43(40,41)27-15-10-20(2)28(17-27)35(38)39/h7-17,21-22H,6,18-19H2,1-5H3,(H,32,37)/t21-,22+/m1/s1. The predicted octanol–water partition coefficient (Wildman–Crippen LogP) is 5.20. The van der Waals surface area contributed by atoms with Crippen molar-refractivity contribution in [2.75, 3.05) is 18.0 Å². The summed E-state index contributed by atoms with van der Waals surface area (Å²) in [5.74, 6) is -0.566. The van der Waals surface area contributed by atoms with Crippen LogP contribution >= 0.6 is 15.9 Å². The molecule has 0 saturated heterocycles. The van der Waals surface area contributed by atoms with Crippen LogP contribution in [0, 0.1) is 17.0 Å². The number of anilines is 1. The third-order valence-corrected chi connectivity index (χ3v) is 9.28. The number of nitrogens with one attached hydrogen (secondary N) is 1.